The zero-order valence-corrected chi connectivity index (χ0v) is 15.4. The van der Waals surface area contributed by atoms with E-state index in [-0.39, 0.29) is 19.4 Å². The molecule has 1 aliphatic carbocycles. The number of halogens is 6. The van der Waals surface area contributed by atoms with Gasteiger partial charge in [0, 0.05) is 36.8 Å². The van der Waals surface area contributed by atoms with Gasteiger partial charge in [0.1, 0.15) is 0 Å². The molecule has 0 aromatic carbocycles. The molecule has 3 nitrogen and oxygen atoms in total. The molecule has 1 aliphatic rings. The fourth-order valence-electron chi connectivity index (χ4n) is 3.28. The second-order valence-electron chi connectivity index (χ2n) is 6.54. The molecule has 1 aromatic heterocycles. The Hall–Kier alpha value is -1.03. The van der Waals surface area contributed by atoms with Crippen molar-refractivity contribution in [1.82, 2.24) is 10.3 Å². The van der Waals surface area contributed by atoms with Crippen LogP contribution in [-0.4, -0.2) is 36.5 Å². The summed E-state index contributed by atoms with van der Waals surface area (Å²) in [5.74, 6) is -3.85. The predicted molar refractivity (Wildman–Crippen MR) is 89.2 cm³/mol. The molecule has 1 fully saturated rings. The summed E-state index contributed by atoms with van der Waals surface area (Å²) in [7, 11) is 0. The van der Waals surface area contributed by atoms with Crippen LogP contribution in [0, 0.1) is 11.8 Å². The minimum atomic E-state index is -4.61. The van der Waals surface area contributed by atoms with Crippen molar-refractivity contribution < 1.29 is 26.3 Å². The van der Waals surface area contributed by atoms with Gasteiger partial charge in [-0.25, -0.2) is 4.98 Å². The number of hydrogen-bond acceptors (Lipinski definition) is 4. The van der Waals surface area contributed by atoms with E-state index < -0.39 is 36.7 Å². The summed E-state index contributed by atoms with van der Waals surface area (Å²) >= 11 is 1.40. The minimum absolute atomic E-state index is 0.221. The van der Waals surface area contributed by atoms with E-state index >= 15 is 0 Å². The number of alkyl halides is 6. The van der Waals surface area contributed by atoms with Crippen molar-refractivity contribution in [1.29, 1.82) is 0 Å². The average Bonchev–Trinajstić information content (AvgIpc) is 3.01. The highest BCUT2D eigenvalue weighted by atomic mass is 32.1. The van der Waals surface area contributed by atoms with Crippen molar-refractivity contribution in [2.75, 3.05) is 18.0 Å². The smallest absolute Gasteiger partial charge is 0.349 e. The van der Waals surface area contributed by atoms with Gasteiger partial charge in [0.2, 0.25) is 0 Å². The first-order chi connectivity index (χ1) is 12.0. The third kappa shape index (κ3) is 5.48. The van der Waals surface area contributed by atoms with Gasteiger partial charge in [0.05, 0.1) is 11.8 Å². The Kier molecular flexibility index (Phi) is 6.81. The molecule has 0 unspecified atom stereocenters. The summed E-state index contributed by atoms with van der Waals surface area (Å²) < 4.78 is 78.0. The van der Waals surface area contributed by atoms with E-state index in [2.05, 4.69) is 10.3 Å². The molecule has 2 rings (SSSR count). The Labute approximate surface area is 152 Å². The average molecular weight is 403 g/mol. The third-order valence-corrected chi connectivity index (χ3v) is 5.83. The van der Waals surface area contributed by atoms with Crippen molar-refractivity contribution >= 4 is 16.5 Å². The summed E-state index contributed by atoms with van der Waals surface area (Å²) in [5.41, 5.74) is 0. The quantitative estimate of drug-likeness (QED) is 0.679. The van der Waals surface area contributed by atoms with E-state index in [1.165, 1.54) is 11.3 Å². The number of anilines is 1. The summed E-state index contributed by atoms with van der Waals surface area (Å²) in [6.07, 6.45) is -9.11. The molecule has 0 radical (unpaired) electrons. The Morgan fingerprint density at radius 3 is 2.04 bits per heavy atom. The molecular weight excluding hydrogens is 380 g/mol. The molecule has 1 N–H and O–H groups in total. The van der Waals surface area contributed by atoms with E-state index in [4.69, 9.17) is 0 Å². The third-order valence-electron chi connectivity index (χ3n) is 4.77. The van der Waals surface area contributed by atoms with E-state index in [1.807, 2.05) is 18.7 Å². The van der Waals surface area contributed by atoms with Crippen molar-refractivity contribution in [2.24, 2.45) is 11.8 Å². The van der Waals surface area contributed by atoms with Crippen molar-refractivity contribution in [3.05, 3.63) is 11.1 Å². The second-order valence-corrected chi connectivity index (χ2v) is 7.64. The lowest BCUT2D eigenvalue weighted by Gasteiger charge is -2.37. The zero-order valence-electron chi connectivity index (χ0n) is 14.6. The molecule has 2 atom stereocenters. The standard InChI is InChI=1S/C16H23F6N3S/c1-3-25(4-2)14-24-9-13(26-14)8-23-12-6-10(15(17,18)19)5-11(7-12)16(20,21)22/h9-12,23H,3-8H2,1-2H3/t10-,11-/m0/s1. The molecule has 1 aromatic rings. The van der Waals surface area contributed by atoms with E-state index in [9.17, 15) is 26.3 Å². The van der Waals surface area contributed by atoms with Crippen LogP contribution in [0.2, 0.25) is 0 Å². The van der Waals surface area contributed by atoms with Crippen LogP contribution in [0.15, 0.2) is 6.20 Å². The van der Waals surface area contributed by atoms with Gasteiger partial charge in [-0.05, 0) is 33.1 Å². The molecule has 1 saturated carbocycles. The topological polar surface area (TPSA) is 28.2 Å². The Morgan fingerprint density at radius 2 is 1.58 bits per heavy atom. The first-order valence-electron chi connectivity index (χ1n) is 8.61. The van der Waals surface area contributed by atoms with Gasteiger partial charge in [-0.1, -0.05) is 0 Å². The SMILES string of the molecule is CCN(CC)c1ncc(CNC2C[C@@H](C(F)(F)F)C[C@H](C(F)(F)F)C2)s1. The Morgan fingerprint density at radius 1 is 1.04 bits per heavy atom. The summed E-state index contributed by atoms with van der Waals surface area (Å²) in [6.45, 7) is 5.75. The number of nitrogens with zero attached hydrogens (tertiary/aromatic N) is 2. The van der Waals surface area contributed by atoms with Crippen molar-refractivity contribution in [3.63, 3.8) is 0 Å². The lowest BCUT2D eigenvalue weighted by atomic mass is 9.77. The van der Waals surface area contributed by atoms with Gasteiger partial charge in [-0.3, -0.25) is 0 Å². The maximum absolute atomic E-state index is 13.0. The maximum atomic E-state index is 13.0. The van der Waals surface area contributed by atoms with Crippen LogP contribution in [0.1, 0.15) is 38.0 Å². The first kappa shape index (κ1) is 21.3. The van der Waals surface area contributed by atoms with Crippen LogP contribution >= 0.6 is 11.3 Å². The number of nitrogens with one attached hydrogen (secondary N) is 1. The largest absolute Gasteiger partial charge is 0.391 e. The van der Waals surface area contributed by atoms with Crippen molar-refractivity contribution in [3.8, 4) is 0 Å². The Bertz CT molecular complexity index is 545. The number of hydrogen-bond donors (Lipinski definition) is 1. The molecule has 150 valence electrons. The monoisotopic (exact) mass is 403 g/mol. The summed E-state index contributed by atoms with van der Waals surface area (Å²) in [5, 5.41) is 3.68. The van der Waals surface area contributed by atoms with Gasteiger partial charge in [0.15, 0.2) is 5.13 Å². The maximum Gasteiger partial charge on any atom is 0.391 e. The highest BCUT2D eigenvalue weighted by Crippen LogP contribution is 2.45. The van der Waals surface area contributed by atoms with Gasteiger partial charge < -0.3 is 10.2 Å². The fraction of sp³-hybridized carbons (Fsp3) is 0.812. The predicted octanol–water partition coefficient (Wildman–Crippen LogP) is 4.99. The van der Waals surface area contributed by atoms with Crippen LogP contribution in [0.4, 0.5) is 31.5 Å². The lowest BCUT2D eigenvalue weighted by molar-refractivity contribution is -0.225. The van der Waals surface area contributed by atoms with E-state index in [1.54, 1.807) is 6.20 Å². The minimum Gasteiger partial charge on any atom is -0.349 e. The molecule has 0 bridgehead atoms. The summed E-state index contributed by atoms with van der Waals surface area (Å²) in [4.78, 5) is 7.11. The highest BCUT2D eigenvalue weighted by molar-refractivity contribution is 7.15. The van der Waals surface area contributed by atoms with Crippen LogP contribution in [0.3, 0.4) is 0 Å². The molecule has 0 amide bonds. The second kappa shape index (κ2) is 8.33. The van der Waals surface area contributed by atoms with Gasteiger partial charge in [0.25, 0.3) is 0 Å². The van der Waals surface area contributed by atoms with E-state index in [0.717, 1.165) is 23.1 Å². The number of thiazole rings is 1. The van der Waals surface area contributed by atoms with Crippen LogP contribution in [0.5, 0.6) is 0 Å². The van der Waals surface area contributed by atoms with Gasteiger partial charge in [-0.15, -0.1) is 11.3 Å². The Balaban J connectivity index is 2.01. The molecule has 0 saturated heterocycles. The van der Waals surface area contributed by atoms with Gasteiger partial charge in [-0.2, -0.15) is 26.3 Å². The fourth-order valence-corrected chi connectivity index (χ4v) is 4.27. The van der Waals surface area contributed by atoms with Crippen molar-refractivity contribution in [2.45, 2.75) is 58.0 Å². The van der Waals surface area contributed by atoms with Gasteiger partial charge >= 0.3 is 12.4 Å². The highest BCUT2D eigenvalue weighted by Gasteiger charge is 2.51. The first-order valence-corrected chi connectivity index (χ1v) is 9.42. The molecule has 1 heterocycles. The van der Waals surface area contributed by atoms with Crippen LogP contribution in [-0.2, 0) is 6.54 Å². The molecule has 0 spiro atoms. The molecule has 26 heavy (non-hydrogen) atoms. The molecule has 0 aliphatic heterocycles. The van der Waals surface area contributed by atoms with Crippen LogP contribution in [0.25, 0.3) is 0 Å². The summed E-state index contributed by atoms with van der Waals surface area (Å²) in [6, 6.07) is -0.819. The molecule has 10 heteroatoms. The van der Waals surface area contributed by atoms with Crippen LogP contribution < -0.4 is 10.2 Å². The van der Waals surface area contributed by atoms with E-state index in [0.29, 0.717) is 0 Å². The normalized spacial score (nSPS) is 24.7. The number of rotatable bonds is 6. The molecular formula is C16H23F6N3S. The number of aromatic nitrogens is 1. The zero-order chi connectivity index (χ0) is 19.5. The lowest BCUT2D eigenvalue weighted by Crippen LogP contribution is -2.45.